The number of nitrogens with zero attached hydrogens (tertiary/aromatic N) is 4. The molecule has 3 aromatic heterocycles. The lowest BCUT2D eigenvalue weighted by Crippen LogP contribution is -2.39. The van der Waals surface area contributed by atoms with E-state index in [9.17, 15) is 9.59 Å². The van der Waals surface area contributed by atoms with Crippen LogP contribution in [-0.4, -0.2) is 51.6 Å². The Morgan fingerprint density at radius 2 is 2.13 bits per heavy atom. The number of nitrogens with one attached hydrogen (secondary N) is 1. The van der Waals surface area contributed by atoms with Gasteiger partial charge in [0.1, 0.15) is 5.65 Å². The van der Waals surface area contributed by atoms with Gasteiger partial charge in [-0.1, -0.05) is 13.3 Å². The maximum Gasteiger partial charge on any atom is 0.411 e. The zero-order valence-electron chi connectivity index (χ0n) is 17.2. The van der Waals surface area contributed by atoms with Crippen molar-refractivity contribution in [2.75, 3.05) is 25.5 Å². The SMILES string of the molecule is CC[C@@H]1CCCN(C(=O)c2cnc3c(ccn3-c3cncc(NC(=O)OC)c3)c2)C1. The fourth-order valence-electron chi connectivity index (χ4n) is 3.91. The summed E-state index contributed by atoms with van der Waals surface area (Å²) in [5.41, 5.74) is 2.58. The molecule has 0 aromatic carbocycles. The molecule has 0 radical (unpaired) electrons. The number of hydrogen-bond donors (Lipinski definition) is 1. The molecule has 1 saturated heterocycles. The number of amides is 2. The Morgan fingerprint density at radius 1 is 1.27 bits per heavy atom. The summed E-state index contributed by atoms with van der Waals surface area (Å²) in [4.78, 5) is 35.1. The van der Waals surface area contributed by atoms with Crippen LogP contribution in [0.1, 0.15) is 36.5 Å². The zero-order chi connectivity index (χ0) is 21.1. The van der Waals surface area contributed by atoms with Gasteiger partial charge in [0, 0.05) is 30.9 Å². The highest BCUT2D eigenvalue weighted by Crippen LogP contribution is 2.24. The monoisotopic (exact) mass is 407 g/mol. The van der Waals surface area contributed by atoms with Crippen LogP contribution in [0, 0.1) is 5.92 Å². The largest absolute Gasteiger partial charge is 0.453 e. The van der Waals surface area contributed by atoms with E-state index < -0.39 is 6.09 Å². The van der Waals surface area contributed by atoms with E-state index in [0.717, 1.165) is 37.0 Å². The number of piperidine rings is 1. The van der Waals surface area contributed by atoms with Crippen molar-refractivity contribution in [2.24, 2.45) is 5.92 Å². The minimum absolute atomic E-state index is 0.0428. The number of anilines is 1. The van der Waals surface area contributed by atoms with Crippen molar-refractivity contribution < 1.29 is 14.3 Å². The maximum absolute atomic E-state index is 13.0. The van der Waals surface area contributed by atoms with E-state index in [1.54, 1.807) is 24.7 Å². The Kier molecular flexibility index (Phi) is 5.65. The normalized spacial score (nSPS) is 16.5. The molecular formula is C22H25N5O3. The second-order valence-electron chi connectivity index (χ2n) is 7.54. The van der Waals surface area contributed by atoms with Crippen LogP contribution < -0.4 is 5.32 Å². The molecule has 1 aliphatic rings. The van der Waals surface area contributed by atoms with Gasteiger partial charge in [-0.2, -0.15) is 0 Å². The number of hydrogen-bond acceptors (Lipinski definition) is 5. The number of carbonyl (C=O) groups is 2. The molecule has 0 unspecified atom stereocenters. The molecule has 1 atom stereocenters. The molecule has 0 bridgehead atoms. The minimum atomic E-state index is -0.560. The number of rotatable bonds is 4. The minimum Gasteiger partial charge on any atom is -0.453 e. The highest BCUT2D eigenvalue weighted by atomic mass is 16.5. The predicted octanol–water partition coefficient (Wildman–Crippen LogP) is 3.86. The summed E-state index contributed by atoms with van der Waals surface area (Å²) in [5, 5.41) is 3.47. The Hall–Kier alpha value is -3.42. The Labute approximate surface area is 174 Å². The summed E-state index contributed by atoms with van der Waals surface area (Å²) >= 11 is 0. The van der Waals surface area contributed by atoms with Crippen molar-refractivity contribution in [1.29, 1.82) is 0 Å². The van der Waals surface area contributed by atoms with Gasteiger partial charge in [0.05, 0.1) is 36.4 Å². The third-order valence-electron chi connectivity index (χ3n) is 5.59. The first-order valence-electron chi connectivity index (χ1n) is 10.2. The first kappa shape index (κ1) is 19.9. The van der Waals surface area contributed by atoms with Gasteiger partial charge >= 0.3 is 6.09 Å². The molecule has 0 spiro atoms. The summed E-state index contributed by atoms with van der Waals surface area (Å²) in [6.07, 6.45) is 9.52. The first-order chi connectivity index (χ1) is 14.6. The lowest BCUT2D eigenvalue weighted by atomic mass is 9.95. The van der Waals surface area contributed by atoms with Crippen LogP contribution in [0.2, 0.25) is 0 Å². The lowest BCUT2D eigenvalue weighted by Gasteiger charge is -2.32. The summed E-state index contributed by atoms with van der Waals surface area (Å²) in [6, 6.07) is 5.59. The Balaban J connectivity index is 1.59. The molecular weight excluding hydrogens is 382 g/mol. The van der Waals surface area contributed by atoms with E-state index in [1.807, 2.05) is 27.8 Å². The van der Waals surface area contributed by atoms with Gasteiger partial charge in [-0.15, -0.1) is 0 Å². The van der Waals surface area contributed by atoms with Crippen LogP contribution in [0.25, 0.3) is 16.7 Å². The van der Waals surface area contributed by atoms with Gasteiger partial charge in [-0.3, -0.25) is 19.7 Å². The van der Waals surface area contributed by atoms with Gasteiger partial charge in [0.15, 0.2) is 0 Å². The van der Waals surface area contributed by atoms with E-state index >= 15 is 0 Å². The molecule has 156 valence electrons. The number of aromatic nitrogens is 3. The molecule has 2 amide bonds. The lowest BCUT2D eigenvalue weighted by molar-refractivity contribution is 0.0671. The van der Waals surface area contributed by atoms with Crippen molar-refractivity contribution in [3.63, 3.8) is 0 Å². The van der Waals surface area contributed by atoms with Crippen LogP contribution in [0.5, 0.6) is 0 Å². The topological polar surface area (TPSA) is 89.4 Å². The molecule has 4 heterocycles. The third kappa shape index (κ3) is 3.98. The number of pyridine rings is 2. The number of likely N-dealkylation sites (tertiary alicyclic amines) is 1. The number of fused-ring (bicyclic) bond motifs is 1. The number of carbonyl (C=O) groups excluding carboxylic acids is 2. The fraction of sp³-hybridized carbons (Fsp3) is 0.364. The van der Waals surface area contributed by atoms with E-state index in [1.165, 1.54) is 13.5 Å². The molecule has 3 aromatic rings. The molecule has 0 saturated carbocycles. The Bertz CT molecular complexity index is 1080. The van der Waals surface area contributed by atoms with Crippen molar-refractivity contribution in [3.05, 3.63) is 48.5 Å². The molecule has 8 nitrogen and oxygen atoms in total. The first-order valence-corrected chi connectivity index (χ1v) is 10.2. The van der Waals surface area contributed by atoms with Crippen molar-refractivity contribution in [2.45, 2.75) is 26.2 Å². The fourth-order valence-corrected chi connectivity index (χ4v) is 3.91. The van der Waals surface area contributed by atoms with Crippen LogP contribution in [-0.2, 0) is 4.74 Å². The Morgan fingerprint density at radius 3 is 2.93 bits per heavy atom. The maximum atomic E-state index is 13.0. The average Bonchev–Trinajstić information content (AvgIpc) is 3.22. The van der Waals surface area contributed by atoms with Crippen molar-refractivity contribution in [3.8, 4) is 5.69 Å². The third-order valence-corrected chi connectivity index (χ3v) is 5.59. The van der Waals surface area contributed by atoms with Crippen molar-refractivity contribution >= 4 is 28.7 Å². The highest BCUT2D eigenvalue weighted by molar-refractivity contribution is 5.97. The van der Waals surface area contributed by atoms with E-state index in [2.05, 4.69) is 26.9 Å². The van der Waals surface area contributed by atoms with Gasteiger partial charge in [-0.25, -0.2) is 9.78 Å². The molecule has 1 aliphatic heterocycles. The summed E-state index contributed by atoms with van der Waals surface area (Å²) in [6.45, 7) is 3.81. The van der Waals surface area contributed by atoms with Crippen LogP contribution in [0.4, 0.5) is 10.5 Å². The van der Waals surface area contributed by atoms with Crippen molar-refractivity contribution in [1.82, 2.24) is 19.4 Å². The average molecular weight is 407 g/mol. The van der Waals surface area contributed by atoms with Gasteiger partial charge < -0.3 is 9.64 Å². The van der Waals surface area contributed by atoms with E-state index in [-0.39, 0.29) is 5.91 Å². The quantitative estimate of drug-likeness (QED) is 0.709. The highest BCUT2D eigenvalue weighted by Gasteiger charge is 2.24. The van der Waals surface area contributed by atoms with Gasteiger partial charge in [-0.05, 0) is 37.0 Å². The standard InChI is InChI=1S/C22H25N5O3/c1-3-15-5-4-7-26(14-15)21(28)17-9-16-6-8-27(20(16)24-11-17)19-10-18(12-23-13-19)25-22(29)30-2/h6,8-13,15H,3-5,7,14H2,1-2H3,(H,25,29)/t15-/m1/s1. The number of ether oxygens (including phenoxy) is 1. The van der Waals surface area contributed by atoms with Crippen LogP contribution >= 0.6 is 0 Å². The van der Waals surface area contributed by atoms with E-state index in [0.29, 0.717) is 22.8 Å². The molecule has 4 rings (SSSR count). The van der Waals surface area contributed by atoms with E-state index in [4.69, 9.17) is 0 Å². The summed E-state index contributed by atoms with van der Waals surface area (Å²) in [7, 11) is 1.31. The molecule has 30 heavy (non-hydrogen) atoms. The smallest absolute Gasteiger partial charge is 0.411 e. The van der Waals surface area contributed by atoms with Gasteiger partial charge in [0.25, 0.3) is 5.91 Å². The van der Waals surface area contributed by atoms with Crippen LogP contribution in [0.3, 0.4) is 0 Å². The summed E-state index contributed by atoms with van der Waals surface area (Å²) < 4.78 is 6.49. The second-order valence-corrected chi connectivity index (χ2v) is 7.54. The zero-order valence-corrected chi connectivity index (χ0v) is 17.2. The van der Waals surface area contributed by atoms with Gasteiger partial charge in [0.2, 0.25) is 0 Å². The molecule has 8 heteroatoms. The molecule has 0 aliphatic carbocycles. The summed E-state index contributed by atoms with van der Waals surface area (Å²) in [5.74, 6) is 0.625. The van der Waals surface area contributed by atoms with Crippen LogP contribution in [0.15, 0.2) is 43.0 Å². The molecule has 1 N–H and O–H groups in total. The second kappa shape index (κ2) is 8.52. The predicted molar refractivity (Wildman–Crippen MR) is 114 cm³/mol. The number of methoxy groups -OCH3 is 1. The molecule has 1 fully saturated rings.